The van der Waals surface area contributed by atoms with Crippen LogP contribution in [0, 0.1) is 0 Å². The molecule has 0 N–H and O–H groups in total. The van der Waals surface area contributed by atoms with E-state index in [2.05, 4.69) is 0 Å². The van der Waals surface area contributed by atoms with Crippen LogP contribution in [-0.2, 0) is 39.6 Å². The zero-order valence-electron chi connectivity index (χ0n) is 1.67. The molecule has 0 rings (SSSR count). The van der Waals surface area contributed by atoms with Crippen molar-refractivity contribution >= 4 is 17.4 Å². The predicted octanol–water partition coefficient (Wildman–Crippen LogP) is -0.505. The molecule has 2 radical (unpaired) electrons. The van der Waals surface area contributed by atoms with Crippen molar-refractivity contribution in [2.45, 2.75) is 0 Å². The van der Waals surface area contributed by atoms with Crippen LogP contribution in [0.25, 0.3) is 0 Å². The first kappa shape index (κ1) is 48.4. The molecule has 0 aromatic rings. The molecule has 0 bridgehead atoms. The molecule has 0 saturated carbocycles. The van der Waals surface area contributed by atoms with E-state index in [-0.39, 0.29) is 57.0 Å². The normalized spacial score (nSPS) is 0. The molecule has 22 valence electrons. The Kier molecular flexibility index (Phi) is 292. The third-order valence-electron chi connectivity index (χ3n) is 0. The summed E-state index contributed by atoms with van der Waals surface area (Å²) in [5.41, 5.74) is 0. The third-order valence-corrected chi connectivity index (χ3v) is 0. The quantitative estimate of drug-likeness (QED) is 0.429. The van der Waals surface area contributed by atoms with Crippen LogP contribution in [0.15, 0.2) is 0 Å². The molecule has 0 spiro atoms. The smallest absolute Gasteiger partial charge is 2.00 e. The number of hydrogen-bond acceptors (Lipinski definition) is 0. The van der Waals surface area contributed by atoms with Crippen molar-refractivity contribution in [3.63, 3.8) is 0 Å². The molecular weight excluding hydrogens is 161 g/mol. The van der Waals surface area contributed by atoms with Crippen LogP contribution in [0.3, 0.4) is 0 Å². The molecule has 4 heavy (non-hydrogen) atoms. The molecule has 0 unspecified atom stereocenters. The number of hydrogen-bond donors (Lipinski definition) is 0. The van der Waals surface area contributed by atoms with Crippen molar-refractivity contribution in [2.75, 3.05) is 0 Å². The molecule has 4 heteroatoms. The summed E-state index contributed by atoms with van der Waals surface area (Å²) in [6.45, 7) is 0. The molecule has 0 fully saturated rings. The Labute approximate surface area is 56.9 Å². The van der Waals surface area contributed by atoms with E-state index < -0.39 is 0 Å². The van der Waals surface area contributed by atoms with Crippen molar-refractivity contribution < 1.29 is 39.6 Å². The molecule has 0 aliphatic carbocycles. The molecule has 0 amide bonds. The Morgan fingerprint density at radius 1 is 1.00 bits per heavy atom. The second-order valence-electron chi connectivity index (χ2n) is 0. The predicted molar refractivity (Wildman–Crippen MR) is 6.44 cm³/mol. The molecule has 0 aromatic carbocycles. The Balaban J connectivity index is 0. The van der Waals surface area contributed by atoms with Gasteiger partial charge in [0.2, 0.25) is 0 Å². The van der Waals surface area contributed by atoms with E-state index in [9.17, 15) is 0 Å². The Morgan fingerprint density at radius 2 is 1.00 bits per heavy atom. The van der Waals surface area contributed by atoms with E-state index >= 15 is 0 Å². The summed E-state index contributed by atoms with van der Waals surface area (Å²) in [4.78, 5) is 0. The van der Waals surface area contributed by atoms with E-state index in [0.717, 1.165) is 0 Å². The second kappa shape index (κ2) is 24.1. The largest absolute Gasteiger partial charge is 3.00 e. The molecule has 0 heterocycles. The zero-order valence-corrected chi connectivity index (χ0v) is 4.94. The van der Waals surface area contributed by atoms with Crippen molar-refractivity contribution in [3.8, 4) is 0 Å². The van der Waals surface area contributed by atoms with Gasteiger partial charge < -0.3 is 5.48 Å². The van der Waals surface area contributed by atoms with Gasteiger partial charge in [-0.3, -0.25) is 0 Å². The van der Waals surface area contributed by atoms with E-state index in [4.69, 9.17) is 0 Å². The minimum absolute atomic E-state index is 0. The average molecular weight is 161 g/mol. The summed E-state index contributed by atoms with van der Waals surface area (Å²) < 4.78 is 0. The average Bonchev–Trinajstić information content (AvgIpc) is 0. The van der Waals surface area contributed by atoms with Gasteiger partial charge in [0, 0.05) is 0 Å². The molecule has 0 aromatic heterocycles. The maximum absolute atomic E-state index is 0. The van der Waals surface area contributed by atoms with Crippen LogP contribution < -0.4 is 0 Å². The number of rotatable bonds is 0. The topological polar surface area (TPSA) is 28.5 Å². The fraction of sp³-hybridized carbons (Fsp3) is 0. The summed E-state index contributed by atoms with van der Waals surface area (Å²) in [7, 11) is 0. The van der Waals surface area contributed by atoms with Gasteiger partial charge in [0.15, 0.2) is 0 Å². The molecule has 0 atom stereocenters. The van der Waals surface area contributed by atoms with Gasteiger partial charge in [0.1, 0.15) is 0 Å². The molecule has 0 aliphatic rings. The van der Waals surface area contributed by atoms with E-state index in [0.29, 0.717) is 0 Å². The van der Waals surface area contributed by atoms with E-state index in [1.807, 2.05) is 0 Å². The molecule has 1 nitrogen and oxygen atoms in total. The first-order valence-corrected chi connectivity index (χ1v) is 0. The standard InChI is InChI=1S/Al.Cu.Mn.O/q+3;2*+2;-2. The van der Waals surface area contributed by atoms with Crippen LogP contribution >= 0.6 is 0 Å². The van der Waals surface area contributed by atoms with Gasteiger partial charge in [-0.2, -0.15) is 0 Å². The minimum Gasteiger partial charge on any atom is -2.00 e. The van der Waals surface area contributed by atoms with Crippen LogP contribution in [0.5, 0.6) is 0 Å². The van der Waals surface area contributed by atoms with Crippen LogP contribution in [-0.4, -0.2) is 17.4 Å². The van der Waals surface area contributed by atoms with E-state index in [1.54, 1.807) is 0 Å². The van der Waals surface area contributed by atoms with Gasteiger partial charge in [-0.1, -0.05) is 0 Å². The van der Waals surface area contributed by atoms with Crippen molar-refractivity contribution in [3.05, 3.63) is 0 Å². The van der Waals surface area contributed by atoms with Crippen LogP contribution in [0.4, 0.5) is 0 Å². The summed E-state index contributed by atoms with van der Waals surface area (Å²) in [5.74, 6) is 0. The van der Waals surface area contributed by atoms with Crippen molar-refractivity contribution in [1.29, 1.82) is 0 Å². The SMILES string of the molecule is [Al+3].[Cu+2].[Mn+2].[O-2]. The minimum atomic E-state index is 0. The maximum atomic E-state index is 0. The first-order valence-electron chi connectivity index (χ1n) is 0. The van der Waals surface area contributed by atoms with Crippen molar-refractivity contribution in [1.82, 2.24) is 0 Å². The molecular formula is AlCuMnO+5. The zero-order chi connectivity index (χ0) is 0. The van der Waals surface area contributed by atoms with Gasteiger partial charge in [0.05, 0.1) is 0 Å². The van der Waals surface area contributed by atoms with Gasteiger partial charge in [-0.25, -0.2) is 0 Å². The van der Waals surface area contributed by atoms with Crippen molar-refractivity contribution in [2.24, 2.45) is 0 Å². The Morgan fingerprint density at radius 3 is 1.00 bits per heavy atom. The van der Waals surface area contributed by atoms with Crippen LogP contribution in [0.1, 0.15) is 0 Å². The second-order valence-corrected chi connectivity index (χ2v) is 0. The fourth-order valence-electron chi connectivity index (χ4n) is 0. The third kappa shape index (κ3) is 9.65. The van der Waals surface area contributed by atoms with Gasteiger partial charge in [0.25, 0.3) is 0 Å². The fourth-order valence-corrected chi connectivity index (χ4v) is 0. The Hall–Kier alpha value is 1.53. The monoisotopic (exact) mass is 161 g/mol. The van der Waals surface area contributed by atoms with Gasteiger partial charge in [-0.05, 0) is 0 Å². The van der Waals surface area contributed by atoms with E-state index in [1.165, 1.54) is 0 Å². The molecule has 0 saturated heterocycles. The van der Waals surface area contributed by atoms with Crippen LogP contribution in [0.2, 0.25) is 0 Å². The molecule has 0 aliphatic heterocycles. The Bertz CT molecular complexity index is 8.00. The summed E-state index contributed by atoms with van der Waals surface area (Å²) in [5, 5.41) is 0. The van der Waals surface area contributed by atoms with Gasteiger partial charge in [-0.15, -0.1) is 0 Å². The first-order chi connectivity index (χ1) is 0. The maximum Gasteiger partial charge on any atom is 3.00 e. The summed E-state index contributed by atoms with van der Waals surface area (Å²) >= 11 is 0. The van der Waals surface area contributed by atoms with Gasteiger partial charge >= 0.3 is 51.5 Å². The summed E-state index contributed by atoms with van der Waals surface area (Å²) in [6, 6.07) is 0. The summed E-state index contributed by atoms with van der Waals surface area (Å²) in [6.07, 6.45) is 0.